The Morgan fingerprint density at radius 2 is 2.14 bits per heavy atom. The number of rotatable bonds is 3. The number of thiocarbonyl (C=S) groups is 1. The summed E-state index contributed by atoms with van der Waals surface area (Å²) < 4.78 is 6.02. The Hall–Kier alpha value is -0.890. The van der Waals surface area contributed by atoms with Crippen LogP contribution in [-0.4, -0.2) is 48.0 Å². The van der Waals surface area contributed by atoms with Crippen molar-refractivity contribution in [2.75, 3.05) is 37.7 Å². The third-order valence-electron chi connectivity index (χ3n) is 3.40. The number of likely N-dealkylation sites (N-methyl/N-ethyl adjacent to an activating group) is 1. The molecular formula is C14H16N2O2S3. The number of ether oxygens (including phenoxy) is 1. The lowest BCUT2D eigenvalue weighted by molar-refractivity contribution is -0.121. The third-order valence-corrected chi connectivity index (χ3v) is 5.87. The summed E-state index contributed by atoms with van der Waals surface area (Å²) in [4.78, 5) is 18.0. The first-order chi connectivity index (χ1) is 10.2. The van der Waals surface area contributed by atoms with E-state index in [0.717, 1.165) is 36.1 Å². The van der Waals surface area contributed by atoms with Crippen LogP contribution < -0.4 is 4.90 Å². The van der Waals surface area contributed by atoms with Gasteiger partial charge in [-0.05, 0) is 25.1 Å². The molecule has 3 rings (SSSR count). The predicted octanol–water partition coefficient (Wildman–Crippen LogP) is 2.81. The number of thioether (sulfide) groups is 1. The maximum Gasteiger partial charge on any atom is 0.266 e. The van der Waals surface area contributed by atoms with E-state index in [9.17, 15) is 4.79 Å². The fraction of sp³-hybridized carbons (Fsp3) is 0.429. The number of nitrogens with zero attached hydrogens (tertiary/aromatic N) is 2. The van der Waals surface area contributed by atoms with Gasteiger partial charge < -0.3 is 9.64 Å². The summed E-state index contributed by atoms with van der Waals surface area (Å²) in [6, 6.07) is 4.18. The highest BCUT2D eigenvalue weighted by atomic mass is 32.2. The molecule has 1 amide bonds. The summed E-state index contributed by atoms with van der Waals surface area (Å²) in [6.45, 7) is 5.99. The monoisotopic (exact) mass is 340 g/mol. The first kappa shape index (κ1) is 15.0. The van der Waals surface area contributed by atoms with Crippen LogP contribution in [0.3, 0.4) is 0 Å². The fourth-order valence-corrected chi connectivity index (χ4v) is 4.73. The van der Waals surface area contributed by atoms with E-state index in [-0.39, 0.29) is 5.91 Å². The van der Waals surface area contributed by atoms with Crippen molar-refractivity contribution in [3.63, 3.8) is 0 Å². The Bertz CT molecular complexity index is 591. The average Bonchev–Trinajstić information content (AvgIpc) is 3.06. The molecule has 21 heavy (non-hydrogen) atoms. The van der Waals surface area contributed by atoms with Gasteiger partial charge in [-0.25, -0.2) is 0 Å². The van der Waals surface area contributed by atoms with Gasteiger partial charge in [0, 0.05) is 24.5 Å². The zero-order valence-electron chi connectivity index (χ0n) is 11.7. The first-order valence-electron chi connectivity index (χ1n) is 6.87. The first-order valence-corrected chi connectivity index (χ1v) is 8.91. The molecule has 0 bridgehead atoms. The molecule has 0 spiro atoms. The molecule has 2 saturated heterocycles. The summed E-state index contributed by atoms with van der Waals surface area (Å²) in [5.41, 5.74) is 0. The molecule has 0 aliphatic carbocycles. The molecule has 0 radical (unpaired) electrons. The van der Waals surface area contributed by atoms with Crippen molar-refractivity contribution < 1.29 is 9.53 Å². The molecule has 2 fully saturated rings. The molecule has 112 valence electrons. The minimum atomic E-state index is 0.0221. The Labute approximate surface area is 137 Å². The van der Waals surface area contributed by atoms with Gasteiger partial charge in [-0.1, -0.05) is 24.0 Å². The van der Waals surface area contributed by atoms with E-state index in [0.29, 0.717) is 10.9 Å². The van der Waals surface area contributed by atoms with Crippen LogP contribution in [0.4, 0.5) is 5.00 Å². The van der Waals surface area contributed by atoms with Crippen molar-refractivity contribution in [1.29, 1.82) is 0 Å². The van der Waals surface area contributed by atoms with E-state index in [2.05, 4.69) is 17.0 Å². The highest BCUT2D eigenvalue weighted by Crippen LogP contribution is 2.35. The topological polar surface area (TPSA) is 32.8 Å². The SMILES string of the molecule is CCN1C(=O)/C(=C/c2ccc(N3CCOCC3)s2)SC1=S. The molecular weight excluding hydrogens is 324 g/mol. The minimum absolute atomic E-state index is 0.0221. The number of hydrogen-bond acceptors (Lipinski definition) is 6. The van der Waals surface area contributed by atoms with Gasteiger partial charge in [0.25, 0.3) is 5.91 Å². The van der Waals surface area contributed by atoms with Gasteiger partial charge in [0.05, 0.1) is 23.1 Å². The van der Waals surface area contributed by atoms with E-state index in [1.807, 2.05) is 13.0 Å². The molecule has 0 aromatic carbocycles. The molecule has 1 aromatic heterocycles. The molecule has 3 heterocycles. The number of anilines is 1. The number of carbonyl (C=O) groups excluding carboxylic acids is 1. The average molecular weight is 340 g/mol. The maximum absolute atomic E-state index is 12.2. The van der Waals surface area contributed by atoms with Crippen molar-refractivity contribution >= 4 is 56.6 Å². The molecule has 1 aromatic rings. The van der Waals surface area contributed by atoms with Gasteiger partial charge in [0.2, 0.25) is 0 Å². The Morgan fingerprint density at radius 3 is 2.81 bits per heavy atom. The standard InChI is InChI=1S/C14H16N2O2S3/c1-2-16-13(17)11(21-14(16)19)9-10-3-4-12(20-10)15-5-7-18-8-6-15/h3-4,9H,2,5-8H2,1H3/b11-9-. The Morgan fingerprint density at radius 1 is 1.38 bits per heavy atom. The zero-order chi connectivity index (χ0) is 14.8. The van der Waals surface area contributed by atoms with Crippen molar-refractivity contribution in [3.05, 3.63) is 21.9 Å². The summed E-state index contributed by atoms with van der Waals surface area (Å²) >= 11 is 8.32. The number of carbonyl (C=O) groups is 1. The quantitative estimate of drug-likeness (QED) is 0.624. The van der Waals surface area contributed by atoms with E-state index >= 15 is 0 Å². The van der Waals surface area contributed by atoms with Crippen LogP contribution in [-0.2, 0) is 9.53 Å². The zero-order valence-corrected chi connectivity index (χ0v) is 14.2. The lowest BCUT2D eigenvalue weighted by Gasteiger charge is -2.27. The number of thiophene rings is 1. The van der Waals surface area contributed by atoms with Gasteiger partial charge in [0.15, 0.2) is 0 Å². The smallest absolute Gasteiger partial charge is 0.266 e. The maximum atomic E-state index is 12.2. The van der Waals surface area contributed by atoms with Gasteiger partial charge in [-0.2, -0.15) is 0 Å². The third kappa shape index (κ3) is 3.15. The van der Waals surface area contributed by atoms with Gasteiger partial charge in [-0.3, -0.25) is 9.69 Å². The van der Waals surface area contributed by atoms with Crippen LogP contribution in [0.5, 0.6) is 0 Å². The van der Waals surface area contributed by atoms with Crippen LogP contribution in [0.1, 0.15) is 11.8 Å². The molecule has 0 atom stereocenters. The van der Waals surface area contributed by atoms with Crippen LogP contribution in [0.2, 0.25) is 0 Å². The summed E-state index contributed by atoms with van der Waals surface area (Å²) in [7, 11) is 0. The van der Waals surface area contributed by atoms with Gasteiger partial charge in [0.1, 0.15) is 4.32 Å². The summed E-state index contributed by atoms with van der Waals surface area (Å²) in [6.07, 6.45) is 1.95. The van der Waals surface area contributed by atoms with Crippen molar-refractivity contribution in [2.45, 2.75) is 6.92 Å². The molecule has 2 aliphatic heterocycles. The van der Waals surface area contributed by atoms with Crippen LogP contribution in [0.25, 0.3) is 6.08 Å². The molecule has 0 N–H and O–H groups in total. The van der Waals surface area contributed by atoms with Crippen LogP contribution in [0.15, 0.2) is 17.0 Å². The van der Waals surface area contributed by atoms with Crippen molar-refractivity contribution in [2.24, 2.45) is 0 Å². The fourth-order valence-electron chi connectivity index (χ4n) is 2.28. The Kier molecular flexibility index (Phi) is 4.63. The summed E-state index contributed by atoms with van der Waals surface area (Å²) in [5, 5.41) is 1.23. The largest absolute Gasteiger partial charge is 0.378 e. The molecule has 7 heteroatoms. The lowest BCUT2D eigenvalue weighted by atomic mass is 10.3. The Balaban J connectivity index is 1.76. The number of amides is 1. The lowest BCUT2D eigenvalue weighted by Crippen LogP contribution is -2.35. The molecule has 4 nitrogen and oxygen atoms in total. The number of morpholine rings is 1. The second kappa shape index (κ2) is 6.48. The van der Waals surface area contributed by atoms with Crippen molar-refractivity contribution in [1.82, 2.24) is 4.90 Å². The highest BCUT2D eigenvalue weighted by molar-refractivity contribution is 8.26. The molecule has 0 unspecified atom stereocenters. The predicted molar refractivity (Wildman–Crippen MR) is 92.9 cm³/mol. The molecule has 0 saturated carbocycles. The second-order valence-corrected chi connectivity index (χ2v) is 7.47. The van der Waals surface area contributed by atoms with E-state index in [4.69, 9.17) is 17.0 Å². The molecule has 2 aliphatic rings. The number of hydrogen-bond donors (Lipinski definition) is 0. The van der Waals surface area contributed by atoms with Gasteiger partial charge in [-0.15, -0.1) is 11.3 Å². The van der Waals surface area contributed by atoms with Crippen LogP contribution in [0, 0.1) is 0 Å². The second-order valence-electron chi connectivity index (χ2n) is 4.70. The van der Waals surface area contributed by atoms with E-state index in [1.54, 1.807) is 16.2 Å². The van der Waals surface area contributed by atoms with E-state index in [1.165, 1.54) is 16.8 Å². The normalized spacial score (nSPS) is 21.7. The van der Waals surface area contributed by atoms with Crippen LogP contribution >= 0.6 is 35.3 Å². The van der Waals surface area contributed by atoms with Crippen molar-refractivity contribution in [3.8, 4) is 0 Å². The minimum Gasteiger partial charge on any atom is -0.378 e. The van der Waals surface area contributed by atoms with E-state index < -0.39 is 0 Å². The summed E-state index contributed by atoms with van der Waals surface area (Å²) in [5.74, 6) is 0.0221. The highest BCUT2D eigenvalue weighted by Gasteiger charge is 2.30. The van der Waals surface area contributed by atoms with Gasteiger partial charge >= 0.3 is 0 Å².